The minimum Gasteiger partial charge on any atom is -0.447 e. The smallest absolute Gasteiger partial charge is 0.414 e. The zero-order valence-corrected chi connectivity index (χ0v) is 14.5. The molecular formula is C17H20FN3O5. The van der Waals surface area contributed by atoms with Gasteiger partial charge in [-0.25, -0.2) is 9.18 Å². The van der Waals surface area contributed by atoms with Gasteiger partial charge in [-0.2, -0.15) is 0 Å². The van der Waals surface area contributed by atoms with Crippen LogP contribution in [0.1, 0.15) is 13.8 Å². The first kappa shape index (κ1) is 18.1. The average molecular weight is 365 g/mol. The van der Waals surface area contributed by atoms with E-state index in [1.54, 1.807) is 13.8 Å². The van der Waals surface area contributed by atoms with Crippen molar-refractivity contribution in [2.75, 3.05) is 36.6 Å². The van der Waals surface area contributed by atoms with Crippen LogP contribution in [0, 0.1) is 5.82 Å². The lowest BCUT2D eigenvalue weighted by molar-refractivity contribution is -0.155. The van der Waals surface area contributed by atoms with E-state index in [0.717, 1.165) is 0 Å². The highest BCUT2D eigenvalue weighted by Crippen LogP contribution is 2.26. The molecule has 1 atom stereocenters. The van der Waals surface area contributed by atoms with Crippen LogP contribution in [0.3, 0.4) is 0 Å². The minimum absolute atomic E-state index is 0.0372. The van der Waals surface area contributed by atoms with Crippen LogP contribution in [0.25, 0.3) is 0 Å². The number of ether oxygens (including phenoxy) is 2. The van der Waals surface area contributed by atoms with E-state index in [0.29, 0.717) is 12.2 Å². The van der Waals surface area contributed by atoms with Gasteiger partial charge in [-0.05, 0) is 32.0 Å². The summed E-state index contributed by atoms with van der Waals surface area (Å²) in [6, 6.07) is 2.92. The lowest BCUT2D eigenvalue weighted by Gasteiger charge is -2.37. The number of hydrogen-bond donors (Lipinski definition) is 1. The number of anilines is 2. The predicted molar refractivity (Wildman–Crippen MR) is 90.3 cm³/mol. The number of carbonyl (C=O) groups excluding carboxylic acids is 3. The lowest BCUT2D eigenvalue weighted by Crippen LogP contribution is -2.57. The van der Waals surface area contributed by atoms with Crippen molar-refractivity contribution < 1.29 is 28.2 Å². The van der Waals surface area contributed by atoms with Crippen LogP contribution in [0.2, 0.25) is 0 Å². The first-order chi connectivity index (χ1) is 12.4. The van der Waals surface area contributed by atoms with E-state index in [-0.39, 0.29) is 37.5 Å². The summed E-state index contributed by atoms with van der Waals surface area (Å²) in [4.78, 5) is 39.1. The van der Waals surface area contributed by atoms with Gasteiger partial charge in [0, 0.05) is 11.7 Å². The van der Waals surface area contributed by atoms with Crippen LogP contribution in [0.4, 0.5) is 20.6 Å². The van der Waals surface area contributed by atoms with Gasteiger partial charge in [0.05, 0.1) is 18.8 Å². The standard InChI is InChI=1S/C17H20FN3O5/c1-10(2)21-14(8-25-9-15(21)22)16(23)19-13-7-11(3-4-12(13)18)20-5-6-26-17(20)24/h3-4,7,10,14H,5-6,8-9H2,1-2H3,(H,19,23). The zero-order valence-electron chi connectivity index (χ0n) is 14.5. The normalized spacial score (nSPS) is 20.5. The molecule has 9 heteroatoms. The monoisotopic (exact) mass is 365 g/mol. The molecule has 2 heterocycles. The fraction of sp³-hybridized carbons (Fsp3) is 0.471. The first-order valence-electron chi connectivity index (χ1n) is 8.32. The van der Waals surface area contributed by atoms with Crippen LogP contribution < -0.4 is 10.2 Å². The highest BCUT2D eigenvalue weighted by atomic mass is 19.1. The number of halogens is 1. The van der Waals surface area contributed by atoms with Gasteiger partial charge >= 0.3 is 6.09 Å². The van der Waals surface area contributed by atoms with Gasteiger partial charge in [0.25, 0.3) is 0 Å². The number of benzene rings is 1. The molecule has 0 saturated carbocycles. The molecule has 0 spiro atoms. The molecule has 26 heavy (non-hydrogen) atoms. The summed E-state index contributed by atoms with van der Waals surface area (Å²) in [5, 5.41) is 2.50. The third-order valence-corrected chi connectivity index (χ3v) is 4.26. The van der Waals surface area contributed by atoms with Gasteiger partial charge in [0.2, 0.25) is 11.8 Å². The summed E-state index contributed by atoms with van der Waals surface area (Å²) < 4.78 is 24.2. The van der Waals surface area contributed by atoms with Crippen molar-refractivity contribution in [1.29, 1.82) is 0 Å². The van der Waals surface area contributed by atoms with Gasteiger partial charge in [0.15, 0.2) is 0 Å². The highest BCUT2D eigenvalue weighted by Gasteiger charge is 2.36. The minimum atomic E-state index is -0.851. The number of hydrogen-bond acceptors (Lipinski definition) is 5. The molecule has 8 nitrogen and oxygen atoms in total. The van der Waals surface area contributed by atoms with Crippen LogP contribution in [-0.2, 0) is 19.1 Å². The van der Waals surface area contributed by atoms with Crippen molar-refractivity contribution in [1.82, 2.24) is 4.90 Å². The zero-order chi connectivity index (χ0) is 18.8. The van der Waals surface area contributed by atoms with Crippen LogP contribution in [0.15, 0.2) is 18.2 Å². The summed E-state index contributed by atoms with van der Waals surface area (Å²) in [5.74, 6) is -1.49. The largest absolute Gasteiger partial charge is 0.447 e. The number of nitrogens with one attached hydrogen (secondary N) is 1. The Balaban J connectivity index is 1.80. The van der Waals surface area contributed by atoms with E-state index in [1.165, 1.54) is 28.0 Å². The summed E-state index contributed by atoms with van der Waals surface area (Å²) in [7, 11) is 0. The molecule has 0 aliphatic carbocycles. The van der Waals surface area contributed by atoms with E-state index in [4.69, 9.17) is 9.47 Å². The van der Waals surface area contributed by atoms with Crippen molar-refractivity contribution in [3.8, 4) is 0 Å². The van der Waals surface area contributed by atoms with E-state index >= 15 is 0 Å². The molecule has 1 aromatic carbocycles. The van der Waals surface area contributed by atoms with Gasteiger partial charge in [-0.15, -0.1) is 0 Å². The molecule has 1 aromatic rings. The molecule has 2 aliphatic heterocycles. The van der Waals surface area contributed by atoms with E-state index < -0.39 is 23.9 Å². The highest BCUT2D eigenvalue weighted by molar-refractivity contribution is 5.99. The number of carbonyl (C=O) groups is 3. The maximum atomic E-state index is 14.2. The topological polar surface area (TPSA) is 88.2 Å². The fourth-order valence-electron chi connectivity index (χ4n) is 3.06. The Hall–Kier alpha value is -2.68. The van der Waals surface area contributed by atoms with Crippen molar-refractivity contribution in [3.05, 3.63) is 24.0 Å². The second-order valence-corrected chi connectivity index (χ2v) is 6.35. The molecule has 0 radical (unpaired) electrons. The molecule has 1 unspecified atom stereocenters. The van der Waals surface area contributed by atoms with Gasteiger partial charge in [-0.1, -0.05) is 0 Å². The van der Waals surface area contributed by atoms with E-state index in [2.05, 4.69) is 5.32 Å². The second-order valence-electron chi connectivity index (χ2n) is 6.35. The fourth-order valence-corrected chi connectivity index (χ4v) is 3.06. The maximum Gasteiger partial charge on any atom is 0.414 e. The number of amides is 3. The second kappa shape index (κ2) is 7.28. The molecule has 140 valence electrons. The van der Waals surface area contributed by atoms with E-state index in [1.807, 2.05) is 0 Å². The van der Waals surface area contributed by atoms with E-state index in [9.17, 15) is 18.8 Å². The number of cyclic esters (lactones) is 1. The molecule has 1 N–H and O–H groups in total. The van der Waals surface area contributed by atoms with Crippen molar-refractivity contribution in [3.63, 3.8) is 0 Å². The third-order valence-electron chi connectivity index (χ3n) is 4.26. The Morgan fingerprint density at radius 3 is 2.77 bits per heavy atom. The van der Waals surface area contributed by atoms with Crippen LogP contribution in [0.5, 0.6) is 0 Å². The molecule has 2 saturated heterocycles. The molecule has 2 fully saturated rings. The first-order valence-corrected chi connectivity index (χ1v) is 8.32. The number of morpholine rings is 1. The van der Waals surface area contributed by atoms with Crippen molar-refractivity contribution in [2.24, 2.45) is 0 Å². The summed E-state index contributed by atoms with van der Waals surface area (Å²) in [6.07, 6.45) is -0.522. The summed E-state index contributed by atoms with van der Waals surface area (Å²) in [5.41, 5.74) is 0.342. The lowest BCUT2D eigenvalue weighted by atomic mass is 10.1. The maximum absolute atomic E-state index is 14.2. The quantitative estimate of drug-likeness (QED) is 0.870. The SMILES string of the molecule is CC(C)N1C(=O)COCC1C(=O)Nc1cc(N2CCOC2=O)ccc1F. The molecular weight excluding hydrogens is 345 g/mol. The Morgan fingerprint density at radius 1 is 1.35 bits per heavy atom. The summed E-state index contributed by atoms with van der Waals surface area (Å²) >= 11 is 0. The molecule has 3 rings (SSSR count). The summed E-state index contributed by atoms with van der Waals surface area (Å²) in [6.45, 7) is 4.15. The molecule has 2 aliphatic rings. The predicted octanol–water partition coefficient (Wildman–Crippen LogP) is 1.36. The van der Waals surface area contributed by atoms with Gasteiger partial charge in [0.1, 0.15) is 25.1 Å². The van der Waals surface area contributed by atoms with Crippen molar-refractivity contribution >= 4 is 29.3 Å². The Morgan fingerprint density at radius 2 is 2.12 bits per heavy atom. The molecule has 3 amide bonds. The number of rotatable bonds is 4. The Bertz CT molecular complexity index is 739. The molecule has 0 aromatic heterocycles. The average Bonchev–Trinajstić information content (AvgIpc) is 3.02. The van der Waals surface area contributed by atoms with Crippen LogP contribution >= 0.6 is 0 Å². The Kier molecular flexibility index (Phi) is 5.08. The molecule has 0 bridgehead atoms. The third kappa shape index (κ3) is 3.48. The Labute approximate surface area is 149 Å². The van der Waals surface area contributed by atoms with Crippen LogP contribution in [-0.4, -0.2) is 61.3 Å². The van der Waals surface area contributed by atoms with Crippen molar-refractivity contribution in [2.45, 2.75) is 25.9 Å². The van der Waals surface area contributed by atoms with Gasteiger partial charge < -0.3 is 19.7 Å². The number of nitrogens with zero attached hydrogens (tertiary/aromatic N) is 2. The van der Waals surface area contributed by atoms with Gasteiger partial charge in [-0.3, -0.25) is 14.5 Å².